The summed E-state index contributed by atoms with van der Waals surface area (Å²) < 4.78 is 35.3. The number of hydrogen-bond acceptors (Lipinski definition) is 6. The van der Waals surface area contributed by atoms with E-state index in [-0.39, 0.29) is 17.7 Å². The molecule has 1 fully saturated rings. The molecule has 0 spiro atoms. The molecule has 1 aromatic heterocycles. The second-order valence-electron chi connectivity index (χ2n) is 7.43. The van der Waals surface area contributed by atoms with Crippen LogP contribution in [0.5, 0.6) is 5.75 Å². The minimum atomic E-state index is -3.83. The largest absolute Gasteiger partial charge is 0.492 e. The van der Waals surface area contributed by atoms with Gasteiger partial charge in [-0.25, -0.2) is 0 Å². The number of fused-ring (bicyclic) bond motifs is 1. The first-order chi connectivity index (χ1) is 14.4. The van der Waals surface area contributed by atoms with Crippen LogP contribution in [0.4, 0.5) is 5.69 Å². The zero-order valence-electron chi connectivity index (χ0n) is 16.3. The summed E-state index contributed by atoms with van der Waals surface area (Å²) in [4.78, 5) is 18.6. The number of likely N-dealkylation sites (tertiary alicyclic amines) is 1. The number of rotatable bonds is 5. The van der Waals surface area contributed by atoms with Crippen molar-refractivity contribution in [3.63, 3.8) is 0 Å². The van der Waals surface area contributed by atoms with Crippen molar-refractivity contribution in [1.29, 1.82) is 0 Å². The van der Waals surface area contributed by atoms with Gasteiger partial charge in [0, 0.05) is 31.4 Å². The molecule has 2 aliphatic rings. The van der Waals surface area contributed by atoms with E-state index >= 15 is 0 Å². The van der Waals surface area contributed by atoms with Crippen LogP contribution in [0.25, 0.3) is 0 Å². The predicted molar refractivity (Wildman–Crippen MR) is 112 cm³/mol. The molecule has 3 N–H and O–H groups in total. The molecular formula is C20H23N5O4S. The summed E-state index contributed by atoms with van der Waals surface area (Å²) in [6.45, 7) is 1.75. The van der Waals surface area contributed by atoms with Gasteiger partial charge in [0.1, 0.15) is 5.75 Å². The zero-order chi connectivity index (χ0) is 21.1. The summed E-state index contributed by atoms with van der Waals surface area (Å²) in [5.74, 6) is 0.618. The normalized spacial score (nSPS) is 19.9. The molecule has 10 heteroatoms. The van der Waals surface area contributed by atoms with Crippen molar-refractivity contribution in [2.45, 2.75) is 19.3 Å². The second kappa shape index (κ2) is 8.31. The van der Waals surface area contributed by atoms with Crippen LogP contribution < -0.4 is 15.2 Å². The minimum Gasteiger partial charge on any atom is -0.492 e. The van der Waals surface area contributed by atoms with Crippen molar-refractivity contribution in [2.75, 3.05) is 24.4 Å². The standard InChI is InChI=1S/C20H23N5O4S/c21-20-19-16(23-30(27,28)24-20)6-1-7-17(19)29-13-15-5-3-9-25(12-15)18(26)10-14-4-2-8-22-11-14/h1-2,4,6-8,11,15,23H,3,5,9-10,12-13H2,(H2,21,24)/t15-/m0/s1. The lowest BCUT2D eigenvalue weighted by Crippen LogP contribution is -2.42. The van der Waals surface area contributed by atoms with Crippen LogP contribution in [0.2, 0.25) is 0 Å². The lowest BCUT2D eigenvalue weighted by Gasteiger charge is -2.33. The van der Waals surface area contributed by atoms with Gasteiger partial charge in [0.2, 0.25) is 5.91 Å². The second-order valence-corrected chi connectivity index (χ2v) is 8.77. The highest BCUT2D eigenvalue weighted by atomic mass is 32.2. The summed E-state index contributed by atoms with van der Waals surface area (Å²) in [6, 6.07) is 8.76. The number of aromatic nitrogens is 1. The summed E-state index contributed by atoms with van der Waals surface area (Å²) >= 11 is 0. The first-order valence-corrected chi connectivity index (χ1v) is 11.2. The fourth-order valence-corrected chi connectivity index (χ4v) is 4.61. The number of piperidine rings is 1. The highest BCUT2D eigenvalue weighted by molar-refractivity contribution is 7.91. The molecule has 2 aliphatic heterocycles. The molecule has 9 nitrogen and oxygen atoms in total. The molecule has 0 radical (unpaired) electrons. The van der Waals surface area contributed by atoms with Gasteiger partial charge in [-0.1, -0.05) is 12.1 Å². The van der Waals surface area contributed by atoms with Gasteiger partial charge >= 0.3 is 10.2 Å². The van der Waals surface area contributed by atoms with Crippen molar-refractivity contribution in [2.24, 2.45) is 16.0 Å². The van der Waals surface area contributed by atoms with E-state index in [9.17, 15) is 13.2 Å². The number of amides is 1. The Morgan fingerprint density at radius 1 is 1.30 bits per heavy atom. The Kier molecular flexibility index (Phi) is 5.58. The van der Waals surface area contributed by atoms with E-state index in [4.69, 9.17) is 10.5 Å². The number of nitrogens with zero attached hydrogens (tertiary/aromatic N) is 3. The third kappa shape index (κ3) is 4.54. The van der Waals surface area contributed by atoms with Gasteiger partial charge in [0.05, 0.1) is 24.3 Å². The SMILES string of the molecule is NC1=NS(=O)(=O)Nc2cccc(OC[C@H]3CCCN(C(=O)Cc4cccnc4)C3)c21. The molecule has 1 aromatic carbocycles. The molecule has 0 bridgehead atoms. The summed E-state index contributed by atoms with van der Waals surface area (Å²) in [6.07, 6.45) is 5.58. The molecule has 1 atom stereocenters. The van der Waals surface area contributed by atoms with Gasteiger partial charge in [-0.05, 0) is 36.6 Å². The predicted octanol–water partition coefficient (Wildman–Crippen LogP) is 1.32. The monoisotopic (exact) mass is 429 g/mol. The van der Waals surface area contributed by atoms with E-state index < -0.39 is 10.2 Å². The number of pyridine rings is 1. The number of nitrogens with two attached hydrogens (primary N) is 1. The molecule has 1 amide bonds. The highest BCUT2D eigenvalue weighted by Crippen LogP contribution is 2.31. The maximum atomic E-state index is 12.6. The molecule has 30 heavy (non-hydrogen) atoms. The number of hydrogen-bond donors (Lipinski definition) is 2. The molecule has 0 saturated carbocycles. The number of amidine groups is 1. The molecule has 158 valence electrons. The lowest BCUT2D eigenvalue weighted by molar-refractivity contribution is -0.132. The van der Waals surface area contributed by atoms with Crippen LogP contribution in [0, 0.1) is 5.92 Å². The van der Waals surface area contributed by atoms with Gasteiger partial charge in [-0.3, -0.25) is 14.5 Å². The Balaban J connectivity index is 1.40. The Bertz CT molecular complexity index is 1070. The molecule has 0 aliphatic carbocycles. The number of benzene rings is 1. The van der Waals surface area contributed by atoms with Crippen LogP contribution in [0.15, 0.2) is 47.1 Å². The number of anilines is 1. The average molecular weight is 430 g/mol. The molecule has 2 aromatic rings. The zero-order valence-corrected chi connectivity index (χ0v) is 17.1. The van der Waals surface area contributed by atoms with Crippen LogP contribution in [-0.4, -0.2) is 49.7 Å². The van der Waals surface area contributed by atoms with Crippen LogP contribution in [0.1, 0.15) is 24.0 Å². The quantitative estimate of drug-likeness (QED) is 0.738. The highest BCUT2D eigenvalue weighted by Gasteiger charge is 2.27. The molecular weight excluding hydrogens is 406 g/mol. The van der Waals surface area contributed by atoms with Crippen molar-refractivity contribution >= 4 is 27.6 Å². The number of carbonyl (C=O) groups excluding carboxylic acids is 1. The molecule has 0 unspecified atom stereocenters. The lowest BCUT2D eigenvalue weighted by atomic mass is 9.98. The smallest absolute Gasteiger partial charge is 0.344 e. The third-order valence-corrected chi connectivity index (χ3v) is 6.08. The van der Waals surface area contributed by atoms with Gasteiger partial charge in [0.15, 0.2) is 5.84 Å². The van der Waals surface area contributed by atoms with E-state index in [2.05, 4.69) is 14.1 Å². The summed E-state index contributed by atoms with van der Waals surface area (Å²) in [5.41, 5.74) is 7.54. The molecule has 1 saturated heterocycles. The van der Waals surface area contributed by atoms with Crippen molar-refractivity contribution in [3.8, 4) is 5.75 Å². The van der Waals surface area contributed by atoms with Gasteiger partial charge in [-0.15, -0.1) is 4.40 Å². The maximum Gasteiger partial charge on any atom is 0.344 e. The third-order valence-electron chi connectivity index (χ3n) is 5.16. The van der Waals surface area contributed by atoms with Gasteiger partial charge in [0.25, 0.3) is 0 Å². The average Bonchev–Trinajstić information content (AvgIpc) is 2.72. The fourth-order valence-electron chi connectivity index (χ4n) is 3.76. The van der Waals surface area contributed by atoms with Gasteiger partial charge in [-0.2, -0.15) is 8.42 Å². The number of ether oxygens (including phenoxy) is 1. The Morgan fingerprint density at radius 3 is 2.97 bits per heavy atom. The van der Waals surface area contributed by atoms with Crippen LogP contribution in [-0.2, 0) is 21.4 Å². The Morgan fingerprint density at radius 2 is 2.17 bits per heavy atom. The number of carbonyl (C=O) groups is 1. The van der Waals surface area contributed by atoms with Crippen LogP contribution in [0.3, 0.4) is 0 Å². The first-order valence-electron chi connectivity index (χ1n) is 9.72. The van der Waals surface area contributed by atoms with E-state index in [1.165, 1.54) is 0 Å². The van der Waals surface area contributed by atoms with Crippen molar-refractivity contribution in [3.05, 3.63) is 53.9 Å². The van der Waals surface area contributed by atoms with Gasteiger partial charge < -0.3 is 15.4 Å². The minimum absolute atomic E-state index is 0.0792. The summed E-state index contributed by atoms with van der Waals surface area (Å²) in [7, 11) is -3.83. The maximum absolute atomic E-state index is 12.6. The van der Waals surface area contributed by atoms with Crippen molar-refractivity contribution in [1.82, 2.24) is 9.88 Å². The molecule has 3 heterocycles. The topological polar surface area (TPSA) is 127 Å². The number of nitrogens with one attached hydrogen (secondary N) is 1. The van der Waals surface area contributed by atoms with E-state index in [0.29, 0.717) is 36.6 Å². The first kappa shape index (κ1) is 20.1. The fraction of sp³-hybridized carbons (Fsp3) is 0.350. The van der Waals surface area contributed by atoms with E-state index in [1.807, 2.05) is 17.0 Å². The Hall–Kier alpha value is -3.14. The summed E-state index contributed by atoms with van der Waals surface area (Å²) in [5, 5.41) is 0. The van der Waals surface area contributed by atoms with E-state index in [0.717, 1.165) is 24.9 Å². The Labute approximate surface area is 175 Å². The molecule has 4 rings (SSSR count). The van der Waals surface area contributed by atoms with E-state index in [1.54, 1.807) is 30.6 Å². The van der Waals surface area contributed by atoms with Crippen LogP contribution >= 0.6 is 0 Å². The van der Waals surface area contributed by atoms with Crippen molar-refractivity contribution < 1.29 is 17.9 Å².